The normalized spacial score (nSPS) is 13.2. The molecule has 12 nitrogen and oxygen atoms in total. The average Bonchev–Trinajstić information content (AvgIpc) is 3.35. The summed E-state index contributed by atoms with van der Waals surface area (Å²) in [6.07, 6.45) is 1.42. The van der Waals surface area contributed by atoms with Gasteiger partial charge in [-0.2, -0.15) is 0 Å². The highest BCUT2D eigenvalue weighted by Crippen LogP contribution is 2.46. The Hall–Kier alpha value is -4.17. The van der Waals surface area contributed by atoms with Gasteiger partial charge in [0.15, 0.2) is 17.2 Å². The smallest absolute Gasteiger partial charge is 0.351 e. The molecule has 1 fully saturated rings. The molecule has 43 heavy (non-hydrogen) atoms. The summed E-state index contributed by atoms with van der Waals surface area (Å²) in [5.41, 5.74) is 0.779. The molecule has 3 aromatic rings. The van der Waals surface area contributed by atoms with Gasteiger partial charge in [-0.05, 0) is 65.4 Å². The van der Waals surface area contributed by atoms with Gasteiger partial charge in [0, 0.05) is 19.2 Å². The van der Waals surface area contributed by atoms with E-state index in [1.165, 1.54) is 19.2 Å². The summed E-state index contributed by atoms with van der Waals surface area (Å²) in [4.78, 5) is 50.2. The van der Waals surface area contributed by atoms with Crippen LogP contribution in [-0.2, 0) is 14.3 Å². The highest BCUT2D eigenvalue weighted by molar-refractivity contribution is 9.10. The molecule has 0 radical (unpaired) electrons. The van der Waals surface area contributed by atoms with Crippen molar-refractivity contribution in [2.75, 3.05) is 45.3 Å². The number of ether oxygens (including phenoxy) is 4. The van der Waals surface area contributed by atoms with Crippen LogP contribution in [0.3, 0.4) is 0 Å². The molecule has 4 rings (SSSR count). The fraction of sp³-hybridized carbons (Fsp3) is 0.345. The lowest BCUT2D eigenvalue weighted by Crippen LogP contribution is -2.42. The van der Waals surface area contributed by atoms with E-state index in [0.29, 0.717) is 47.6 Å². The number of likely N-dealkylation sites (tertiary alicyclic amines) is 1. The van der Waals surface area contributed by atoms with Gasteiger partial charge in [0.2, 0.25) is 0 Å². The van der Waals surface area contributed by atoms with Crippen LogP contribution >= 0.6 is 27.3 Å². The number of halogens is 1. The van der Waals surface area contributed by atoms with Crippen LogP contribution in [0, 0.1) is 16.0 Å². The van der Waals surface area contributed by atoms with E-state index >= 15 is 0 Å². The lowest BCUT2D eigenvalue weighted by Gasteiger charge is -2.31. The van der Waals surface area contributed by atoms with Crippen LogP contribution in [0.2, 0.25) is 0 Å². The average molecular weight is 677 g/mol. The number of nitrogens with one attached hydrogen (secondary N) is 1. The zero-order valence-electron chi connectivity index (χ0n) is 23.5. The molecule has 1 N–H and O–H groups in total. The lowest BCUT2D eigenvalue weighted by atomic mass is 9.98. The number of esters is 2. The molecule has 0 bridgehead atoms. The molecule has 0 saturated carbocycles. The van der Waals surface area contributed by atoms with Gasteiger partial charge in [0.05, 0.1) is 34.6 Å². The van der Waals surface area contributed by atoms with E-state index in [4.69, 9.17) is 18.9 Å². The molecule has 2 heterocycles. The van der Waals surface area contributed by atoms with Gasteiger partial charge in [0.25, 0.3) is 5.69 Å². The Morgan fingerprint density at radius 1 is 1.12 bits per heavy atom. The van der Waals surface area contributed by atoms with Crippen molar-refractivity contribution >= 4 is 56.6 Å². The van der Waals surface area contributed by atoms with Crippen LogP contribution < -0.4 is 14.8 Å². The predicted octanol–water partition coefficient (Wildman–Crippen LogP) is 6.14. The number of urea groups is 1. The van der Waals surface area contributed by atoms with Gasteiger partial charge in [-0.25, -0.2) is 14.4 Å². The number of rotatable bonds is 11. The van der Waals surface area contributed by atoms with E-state index in [1.54, 1.807) is 24.0 Å². The molecule has 14 heteroatoms. The molecule has 0 aliphatic carbocycles. The van der Waals surface area contributed by atoms with Crippen molar-refractivity contribution in [3.63, 3.8) is 0 Å². The maximum atomic E-state index is 12.7. The number of thiophene rings is 1. The molecule has 1 saturated heterocycles. The second-order valence-electron chi connectivity index (χ2n) is 9.46. The van der Waals surface area contributed by atoms with Crippen LogP contribution in [0.1, 0.15) is 29.4 Å². The molecule has 1 aliphatic heterocycles. The minimum atomic E-state index is -0.592. The standard InChI is InChI=1S/C29H30BrN3O9S/c1-3-40-23(34)17-42-25-24(30)26(43-27(25)28(35)39-2)19-7-6-8-20(15-19)41-16-18-11-13-32(14-12-18)29(36)31-21-9-4-5-10-22(21)33(37)38/h4-10,15,18H,3,11-14,16-17H2,1-2H3,(H,31,36). The number of hydrogen-bond donors (Lipinski definition) is 1. The predicted molar refractivity (Wildman–Crippen MR) is 163 cm³/mol. The minimum absolute atomic E-state index is 0.155. The van der Waals surface area contributed by atoms with E-state index in [1.807, 2.05) is 24.3 Å². The number of nitrogens with zero attached hydrogens (tertiary/aromatic N) is 2. The number of para-hydroxylation sites is 2. The van der Waals surface area contributed by atoms with Crippen LogP contribution in [0.15, 0.2) is 53.0 Å². The second-order valence-corrected chi connectivity index (χ2v) is 11.3. The molecule has 228 valence electrons. The maximum Gasteiger partial charge on any atom is 0.351 e. The molecular weight excluding hydrogens is 646 g/mol. The third-order valence-electron chi connectivity index (χ3n) is 6.65. The summed E-state index contributed by atoms with van der Waals surface area (Å²) in [6, 6.07) is 13.1. The van der Waals surface area contributed by atoms with Crippen molar-refractivity contribution in [1.29, 1.82) is 0 Å². The summed E-state index contributed by atoms with van der Waals surface area (Å²) in [6.45, 7) is 2.97. The summed E-state index contributed by atoms with van der Waals surface area (Å²) in [5.74, 6) is -0.113. The van der Waals surface area contributed by atoms with Crippen molar-refractivity contribution in [2.45, 2.75) is 19.8 Å². The number of hydrogen-bond acceptors (Lipinski definition) is 10. The quantitative estimate of drug-likeness (QED) is 0.144. The van der Waals surface area contributed by atoms with Crippen molar-refractivity contribution in [1.82, 2.24) is 4.90 Å². The number of methoxy groups -OCH3 is 1. The first-order chi connectivity index (χ1) is 20.7. The Morgan fingerprint density at radius 3 is 2.56 bits per heavy atom. The molecule has 1 aliphatic rings. The SMILES string of the molecule is CCOC(=O)COc1c(C(=O)OC)sc(-c2cccc(OCC3CCN(C(=O)Nc4ccccc4[N+](=O)[O-])CC3)c2)c1Br. The van der Waals surface area contributed by atoms with E-state index in [9.17, 15) is 24.5 Å². The Bertz CT molecular complexity index is 1490. The van der Waals surface area contributed by atoms with E-state index in [0.717, 1.165) is 16.9 Å². The first-order valence-electron chi connectivity index (χ1n) is 13.4. The Balaban J connectivity index is 1.36. The van der Waals surface area contributed by atoms with E-state index in [2.05, 4.69) is 21.2 Å². The van der Waals surface area contributed by atoms with Crippen LogP contribution in [-0.4, -0.2) is 67.8 Å². The number of nitro groups is 1. The van der Waals surface area contributed by atoms with Gasteiger partial charge in [0.1, 0.15) is 11.4 Å². The van der Waals surface area contributed by atoms with Crippen LogP contribution in [0.25, 0.3) is 10.4 Å². The third-order valence-corrected chi connectivity index (χ3v) is 8.86. The largest absolute Gasteiger partial charge is 0.493 e. The third kappa shape index (κ3) is 8.02. The molecular formula is C29H30BrN3O9S. The summed E-state index contributed by atoms with van der Waals surface area (Å²) in [7, 11) is 1.27. The second kappa shape index (κ2) is 14.8. The fourth-order valence-corrected chi connectivity index (χ4v) is 6.42. The van der Waals surface area contributed by atoms with E-state index < -0.39 is 16.9 Å². The number of piperidine rings is 1. The molecule has 0 spiro atoms. The summed E-state index contributed by atoms with van der Waals surface area (Å²) < 4.78 is 22.1. The van der Waals surface area contributed by atoms with Crippen molar-refractivity contribution in [3.8, 4) is 21.9 Å². The number of nitro benzene ring substituents is 1. The molecule has 1 aromatic heterocycles. The molecule has 2 aromatic carbocycles. The number of carbonyl (C=O) groups excluding carboxylic acids is 3. The Morgan fingerprint density at radius 2 is 1.86 bits per heavy atom. The number of anilines is 1. The van der Waals surface area contributed by atoms with Crippen LogP contribution in [0.4, 0.5) is 16.2 Å². The van der Waals surface area contributed by atoms with Crippen molar-refractivity contribution < 1.29 is 38.3 Å². The van der Waals surface area contributed by atoms with Crippen molar-refractivity contribution in [2.24, 2.45) is 5.92 Å². The number of amides is 2. The highest BCUT2D eigenvalue weighted by atomic mass is 79.9. The minimum Gasteiger partial charge on any atom is -0.493 e. The number of carbonyl (C=O) groups is 3. The fourth-order valence-electron chi connectivity index (χ4n) is 4.45. The maximum absolute atomic E-state index is 12.7. The van der Waals surface area contributed by atoms with Crippen LogP contribution in [0.5, 0.6) is 11.5 Å². The zero-order valence-corrected chi connectivity index (χ0v) is 25.9. The van der Waals surface area contributed by atoms with Crippen molar-refractivity contribution in [3.05, 3.63) is 68.0 Å². The first-order valence-corrected chi connectivity index (χ1v) is 15.0. The Kier molecular flexibility index (Phi) is 11.0. The molecule has 0 unspecified atom stereocenters. The molecule has 0 atom stereocenters. The summed E-state index contributed by atoms with van der Waals surface area (Å²) in [5, 5.41) is 13.9. The van der Waals surface area contributed by atoms with Gasteiger partial charge >= 0.3 is 18.0 Å². The monoisotopic (exact) mass is 675 g/mol. The Labute approximate surface area is 260 Å². The van der Waals surface area contributed by atoms with Gasteiger partial charge in [-0.3, -0.25) is 10.1 Å². The topological polar surface area (TPSA) is 147 Å². The summed E-state index contributed by atoms with van der Waals surface area (Å²) >= 11 is 4.68. The number of benzene rings is 2. The van der Waals surface area contributed by atoms with Gasteiger partial charge < -0.3 is 29.2 Å². The lowest BCUT2D eigenvalue weighted by molar-refractivity contribution is -0.383. The van der Waals surface area contributed by atoms with E-state index in [-0.39, 0.29) is 47.2 Å². The first kappa shape index (κ1) is 31.8. The van der Waals surface area contributed by atoms with Gasteiger partial charge in [-0.1, -0.05) is 24.3 Å². The highest BCUT2D eigenvalue weighted by Gasteiger charge is 2.27. The zero-order chi connectivity index (χ0) is 30.9. The molecule has 2 amide bonds. The van der Waals surface area contributed by atoms with Gasteiger partial charge in [-0.15, -0.1) is 11.3 Å².